The minimum absolute atomic E-state index is 0.464. The van der Waals surface area contributed by atoms with E-state index in [0.717, 1.165) is 12.8 Å². The lowest BCUT2D eigenvalue weighted by atomic mass is 9.81. The summed E-state index contributed by atoms with van der Waals surface area (Å²) < 4.78 is 0. The molecular weight excluding hydrogens is 302 g/mol. The van der Waals surface area contributed by atoms with Gasteiger partial charge in [0.2, 0.25) is 0 Å². The van der Waals surface area contributed by atoms with Crippen LogP contribution in [0.1, 0.15) is 61.3 Å². The predicted molar refractivity (Wildman–Crippen MR) is 106 cm³/mol. The highest BCUT2D eigenvalue weighted by Crippen LogP contribution is 2.36. The Kier molecular flexibility index (Phi) is 6.00. The van der Waals surface area contributed by atoms with Gasteiger partial charge in [0.05, 0.1) is 0 Å². The Hall–Kier alpha value is -2.41. The van der Waals surface area contributed by atoms with E-state index in [-0.39, 0.29) is 0 Å². The highest BCUT2D eigenvalue weighted by Gasteiger charge is 2.21. The minimum Gasteiger partial charge on any atom is -0.261 e. The smallest absolute Gasteiger partial charge is 0.0434 e. The van der Waals surface area contributed by atoms with Crippen molar-refractivity contribution in [3.63, 3.8) is 0 Å². The lowest BCUT2D eigenvalue weighted by molar-refractivity contribution is 0.481. The molecule has 128 valence electrons. The van der Waals surface area contributed by atoms with E-state index < -0.39 is 0 Å². The first-order chi connectivity index (χ1) is 12.2. The highest BCUT2D eigenvalue weighted by molar-refractivity contribution is 5.23. The molecule has 0 aliphatic heterocycles. The second-order valence-corrected chi connectivity index (χ2v) is 7.05. The summed E-state index contributed by atoms with van der Waals surface area (Å²) in [5, 5.41) is 0. The van der Waals surface area contributed by atoms with Crippen molar-refractivity contribution < 1.29 is 0 Å². The van der Waals surface area contributed by atoms with E-state index in [4.69, 9.17) is 0 Å². The second-order valence-electron chi connectivity index (χ2n) is 7.05. The Morgan fingerprint density at radius 3 is 1.56 bits per heavy atom. The third-order valence-electron chi connectivity index (χ3n) is 5.12. The summed E-state index contributed by atoms with van der Waals surface area (Å²) in [6, 6.07) is 27.9. The normalized spacial score (nSPS) is 14.6. The molecule has 2 atom stereocenters. The Morgan fingerprint density at radius 1 is 0.640 bits per heavy atom. The van der Waals surface area contributed by atoms with E-state index >= 15 is 0 Å². The van der Waals surface area contributed by atoms with Crippen LogP contribution in [-0.2, 0) is 0 Å². The van der Waals surface area contributed by atoms with E-state index in [0.29, 0.717) is 17.8 Å². The van der Waals surface area contributed by atoms with E-state index in [1.54, 1.807) is 0 Å². The van der Waals surface area contributed by atoms with Crippen molar-refractivity contribution in [2.24, 2.45) is 0 Å². The summed E-state index contributed by atoms with van der Waals surface area (Å²) in [4.78, 5) is 4.67. The number of hydrogen-bond acceptors (Lipinski definition) is 1. The van der Waals surface area contributed by atoms with Gasteiger partial charge in [-0.25, -0.2) is 0 Å². The van der Waals surface area contributed by atoms with Crippen LogP contribution in [0.15, 0.2) is 85.1 Å². The molecular formula is C24H27N. The first-order valence-electron chi connectivity index (χ1n) is 9.25. The lowest BCUT2D eigenvalue weighted by Gasteiger charge is -2.24. The third kappa shape index (κ3) is 4.79. The van der Waals surface area contributed by atoms with Gasteiger partial charge in [-0.2, -0.15) is 0 Å². The van der Waals surface area contributed by atoms with Crippen molar-refractivity contribution in [2.75, 3.05) is 0 Å². The maximum atomic E-state index is 4.67. The van der Waals surface area contributed by atoms with E-state index in [1.165, 1.54) is 16.8 Å². The number of benzene rings is 2. The van der Waals surface area contributed by atoms with Gasteiger partial charge in [0.15, 0.2) is 0 Å². The molecule has 25 heavy (non-hydrogen) atoms. The molecule has 3 aromatic rings. The van der Waals surface area contributed by atoms with Crippen LogP contribution in [0.25, 0.3) is 0 Å². The zero-order valence-electron chi connectivity index (χ0n) is 15.2. The molecule has 2 aromatic carbocycles. The fourth-order valence-electron chi connectivity index (χ4n) is 3.64. The highest BCUT2D eigenvalue weighted by atomic mass is 14.7. The lowest BCUT2D eigenvalue weighted by Crippen LogP contribution is -2.09. The average molecular weight is 329 g/mol. The van der Waals surface area contributed by atoms with Gasteiger partial charge in [-0.1, -0.05) is 80.6 Å². The number of aromatic nitrogens is 1. The molecule has 0 bridgehead atoms. The average Bonchev–Trinajstić information content (AvgIpc) is 2.69. The molecule has 1 aromatic heterocycles. The van der Waals surface area contributed by atoms with Crippen molar-refractivity contribution in [1.82, 2.24) is 4.98 Å². The Labute approximate surface area is 151 Å². The van der Waals surface area contributed by atoms with Gasteiger partial charge in [0, 0.05) is 17.8 Å². The Morgan fingerprint density at radius 2 is 1.12 bits per heavy atom. The zero-order chi connectivity index (χ0) is 17.5. The minimum atomic E-state index is 0.464. The van der Waals surface area contributed by atoms with Crippen LogP contribution >= 0.6 is 0 Å². The summed E-state index contributed by atoms with van der Waals surface area (Å²) in [6.45, 7) is 4.66. The van der Waals surface area contributed by atoms with Crippen molar-refractivity contribution in [3.8, 4) is 0 Å². The van der Waals surface area contributed by atoms with Crippen LogP contribution in [0.5, 0.6) is 0 Å². The van der Waals surface area contributed by atoms with E-state index in [1.807, 2.05) is 12.3 Å². The van der Waals surface area contributed by atoms with Gasteiger partial charge in [-0.3, -0.25) is 4.98 Å². The standard InChI is InChI=1S/C24H27N/c1-19(21-11-5-3-6-12-21)17-23(24-15-9-10-16-25-24)18-20(2)22-13-7-4-8-14-22/h3-16,19-20,23H,17-18H2,1-2H3. The topological polar surface area (TPSA) is 12.9 Å². The van der Waals surface area contributed by atoms with Crippen molar-refractivity contribution in [3.05, 3.63) is 102 Å². The van der Waals surface area contributed by atoms with Gasteiger partial charge >= 0.3 is 0 Å². The summed E-state index contributed by atoms with van der Waals surface area (Å²) in [5.74, 6) is 1.51. The molecule has 1 heteroatoms. The molecule has 0 radical (unpaired) electrons. The van der Waals surface area contributed by atoms with Crippen molar-refractivity contribution in [1.29, 1.82) is 0 Å². The third-order valence-corrected chi connectivity index (χ3v) is 5.12. The fraction of sp³-hybridized carbons (Fsp3) is 0.292. The SMILES string of the molecule is CC(CC(CC(C)c1ccccc1)c1ccccn1)c1ccccc1. The van der Waals surface area contributed by atoms with Crippen LogP contribution in [0.3, 0.4) is 0 Å². The predicted octanol–water partition coefficient (Wildman–Crippen LogP) is 6.55. The molecule has 0 N–H and O–H groups in total. The monoisotopic (exact) mass is 329 g/mol. The van der Waals surface area contributed by atoms with Crippen LogP contribution in [-0.4, -0.2) is 4.98 Å². The second kappa shape index (κ2) is 8.62. The molecule has 0 spiro atoms. The molecule has 1 heterocycles. The summed E-state index contributed by atoms with van der Waals surface area (Å²) in [5.41, 5.74) is 4.04. The molecule has 1 nitrogen and oxygen atoms in total. The molecule has 3 rings (SSSR count). The first kappa shape index (κ1) is 17.4. The molecule has 2 unspecified atom stereocenters. The molecule has 0 aliphatic rings. The summed E-state index contributed by atoms with van der Waals surface area (Å²) in [6.07, 6.45) is 4.17. The summed E-state index contributed by atoms with van der Waals surface area (Å²) in [7, 11) is 0. The van der Waals surface area contributed by atoms with Gasteiger partial charge in [0.25, 0.3) is 0 Å². The van der Waals surface area contributed by atoms with Gasteiger partial charge in [0.1, 0.15) is 0 Å². The maximum absolute atomic E-state index is 4.67. The molecule has 0 amide bonds. The first-order valence-corrected chi connectivity index (χ1v) is 9.25. The fourth-order valence-corrected chi connectivity index (χ4v) is 3.64. The van der Waals surface area contributed by atoms with Crippen LogP contribution in [0.2, 0.25) is 0 Å². The molecule has 0 saturated carbocycles. The van der Waals surface area contributed by atoms with Gasteiger partial charge in [-0.15, -0.1) is 0 Å². The molecule has 0 fully saturated rings. The Balaban J connectivity index is 1.78. The number of nitrogens with zero attached hydrogens (tertiary/aromatic N) is 1. The van der Waals surface area contributed by atoms with Crippen molar-refractivity contribution in [2.45, 2.75) is 44.4 Å². The maximum Gasteiger partial charge on any atom is 0.0434 e. The molecule has 0 aliphatic carbocycles. The van der Waals surface area contributed by atoms with E-state index in [2.05, 4.69) is 91.6 Å². The van der Waals surface area contributed by atoms with Crippen LogP contribution < -0.4 is 0 Å². The van der Waals surface area contributed by atoms with E-state index in [9.17, 15) is 0 Å². The number of hydrogen-bond donors (Lipinski definition) is 0. The Bertz CT molecular complexity index is 689. The largest absolute Gasteiger partial charge is 0.261 e. The number of pyridine rings is 1. The zero-order valence-corrected chi connectivity index (χ0v) is 15.2. The summed E-state index contributed by atoms with van der Waals surface area (Å²) >= 11 is 0. The van der Waals surface area contributed by atoms with Gasteiger partial charge in [-0.05, 0) is 47.9 Å². The molecule has 0 saturated heterocycles. The van der Waals surface area contributed by atoms with Gasteiger partial charge < -0.3 is 0 Å². The van der Waals surface area contributed by atoms with Crippen molar-refractivity contribution >= 4 is 0 Å². The van der Waals surface area contributed by atoms with Crippen LogP contribution in [0.4, 0.5) is 0 Å². The quantitative estimate of drug-likeness (QED) is 0.479. The number of rotatable bonds is 7. The van der Waals surface area contributed by atoms with Crippen LogP contribution in [0, 0.1) is 0 Å².